The van der Waals surface area contributed by atoms with Gasteiger partial charge in [0.15, 0.2) is 0 Å². The highest BCUT2D eigenvalue weighted by atomic mass is 35.5. The highest BCUT2D eigenvalue weighted by molar-refractivity contribution is 7.89. The number of nitrogens with zero attached hydrogens (tertiary/aromatic N) is 1. The van der Waals surface area contributed by atoms with Crippen LogP contribution in [-0.4, -0.2) is 44.9 Å². The molecule has 1 aromatic rings. The van der Waals surface area contributed by atoms with Gasteiger partial charge in [0, 0.05) is 32.2 Å². The predicted octanol–water partition coefficient (Wildman–Crippen LogP) is 2.66. The molecular weight excluding hydrogens is 310 g/mol. The van der Waals surface area contributed by atoms with Crippen LogP contribution in [0.15, 0.2) is 29.2 Å². The van der Waals surface area contributed by atoms with Gasteiger partial charge >= 0.3 is 0 Å². The first-order valence-electron chi connectivity index (χ1n) is 7.26. The highest BCUT2D eigenvalue weighted by Crippen LogP contribution is 2.22. The number of aryl methyl sites for hydroxylation is 1. The van der Waals surface area contributed by atoms with Gasteiger partial charge < -0.3 is 4.74 Å². The number of alkyl halides is 1. The Morgan fingerprint density at radius 3 is 2.43 bits per heavy atom. The minimum Gasteiger partial charge on any atom is -0.381 e. The second kappa shape index (κ2) is 7.58. The van der Waals surface area contributed by atoms with Crippen LogP contribution in [0.3, 0.4) is 0 Å². The standard InChI is InChI=1S/C15H22ClNO3S/c1-17(14-8-11-20-12-9-14)21(18,19)15-6-4-13(5-7-15)3-2-10-16/h4-7,14H,2-3,8-12H2,1H3. The molecule has 0 radical (unpaired) electrons. The van der Waals surface area contributed by atoms with Crippen LogP contribution >= 0.6 is 11.6 Å². The summed E-state index contributed by atoms with van der Waals surface area (Å²) in [6, 6.07) is 7.15. The summed E-state index contributed by atoms with van der Waals surface area (Å²) in [5.74, 6) is 0.618. The molecule has 0 amide bonds. The Bertz CT molecular complexity index is 539. The van der Waals surface area contributed by atoms with Gasteiger partial charge in [-0.3, -0.25) is 0 Å². The van der Waals surface area contributed by atoms with E-state index < -0.39 is 10.0 Å². The van der Waals surface area contributed by atoms with E-state index in [0.717, 1.165) is 31.2 Å². The molecule has 0 bridgehead atoms. The van der Waals surface area contributed by atoms with Crippen molar-refractivity contribution >= 4 is 21.6 Å². The quantitative estimate of drug-likeness (QED) is 0.753. The lowest BCUT2D eigenvalue weighted by Crippen LogP contribution is -2.40. The summed E-state index contributed by atoms with van der Waals surface area (Å²) >= 11 is 5.67. The minimum atomic E-state index is -3.42. The molecular formula is C15H22ClNO3S. The highest BCUT2D eigenvalue weighted by Gasteiger charge is 2.29. The Balaban J connectivity index is 2.10. The van der Waals surface area contributed by atoms with Crippen molar-refractivity contribution in [3.63, 3.8) is 0 Å². The summed E-state index contributed by atoms with van der Waals surface area (Å²) in [6.07, 6.45) is 3.28. The van der Waals surface area contributed by atoms with E-state index in [9.17, 15) is 8.42 Å². The summed E-state index contributed by atoms with van der Waals surface area (Å²) in [6.45, 7) is 1.25. The number of hydrogen-bond donors (Lipinski definition) is 0. The molecule has 1 fully saturated rings. The fraction of sp³-hybridized carbons (Fsp3) is 0.600. The van der Waals surface area contributed by atoms with E-state index in [1.165, 1.54) is 4.31 Å². The van der Waals surface area contributed by atoms with Crippen molar-refractivity contribution in [3.8, 4) is 0 Å². The Labute approximate surface area is 132 Å². The van der Waals surface area contributed by atoms with Crippen LogP contribution in [0.4, 0.5) is 0 Å². The van der Waals surface area contributed by atoms with Crippen molar-refractivity contribution in [1.82, 2.24) is 4.31 Å². The Morgan fingerprint density at radius 1 is 1.24 bits per heavy atom. The van der Waals surface area contributed by atoms with Crippen LogP contribution in [0.2, 0.25) is 0 Å². The minimum absolute atomic E-state index is 0.0275. The van der Waals surface area contributed by atoms with Crippen LogP contribution in [0.25, 0.3) is 0 Å². The zero-order chi connectivity index (χ0) is 15.3. The van der Waals surface area contributed by atoms with E-state index in [1.807, 2.05) is 12.1 Å². The molecule has 1 aliphatic heterocycles. The molecule has 21 heavy (non-hydrogen) atoms. The first-order valence-corrected chi connectivity index (χ1v) is 9.24. The average molecular weight is 332 g/mol. The maximum absolute atomic E-state index is 12.6. The molecule has 0 N–H and O–H groups in total. The SMILES string of the molecule is CN(C1CCOCC1)S(=O)(=O)c1ccc(CCCCl)cc1. The molecule has 0 aliphatic carbocycles. The van der Waals surface area contributed by atoms with E-state index in [0.29, 0.717) is 24.0 Å². The first kappa shape index (κ1) is 16.7. The summed E-state index contributed by atoms with van der Waals surface area (Å²) < 4.78 is 32.0. The molecule has 1 heterocycles. The van der Waals surface area contributed by atoms with Crippen LogP contribution in [0.1, 0.15) is 24.8 Å². The molecule has 0 saturated carbocycles. The molecule has 4 nitrogen and oxygen atoms in total. The van der Waals surface area contributed by atoms with E-state index in [2.05, 4.69) is 0 Å². The van der Waals surface area contributed by atoms with Gasteiger partial charge in [0.1, 0.15) is 0 Å². The third kappa shape index (κ3) is 4.19. The Hall–Kier alpha value is -0.620. The fourth-order valence-corrected chi connectivity index (χ4v) is 4.06. The van der Waals surface area contributed by atoms with Crippen molar-refractivity contribution in [2.45, 2.75) is 36.6 Å². The number of benzene rings is 1. The molecule has 0 unspecified atom stereocenters. The maximum atomic E-state index is 12.6. The average Bonchev–Trinajstić information content (AvgIpc) is 2.53. The van der Waals surface area contributed by atoms with Gasteiger partial charge in [-0.2, -0.15) is 4.31 Å². The Kier molecular flexibility index (Phi) is 6.05. The molecule has 1 aromatic carbocycles. The zero-order valence-corrected chi connectivity index (χ0v) is 13.9. The second-order valence-electron chi connectivity index (χ2n) is 5.30. The molecule has 0 aromatic heterocycles. The van der Waals surface area contributed by atoms with Crippen LogP contribution in [0.5, 0.6) is 0 Å². The maximum Gasteiger partial charge on any atom is 0.243 e. The molecule has 0 spiro atoms. The van der Waals surface area contributed by atoms with Crippen molar-refractivity contribution < 1.29 is 13.2 Å². The van der Waals surface area contributed by atoms with Crippen molar-refractivity contribution in [2.24, 2.45) is 0 Å². The summed E-state index contributed by atoms with van der Waals surface area (Å²) in [5.41, 5.74) is 1.11. The number of rotatable bonds is 6. The molecule has 1 saturated heterocycles. The first-order chi connectivity index (χ1) is 10.1. The van der Waals surface area contributed by atoms with Gasteiger partial charge in [0.2, 0.25) is 10.0 Å². The van der Waals surface area contributed by atoms with Gasteiger partial charge in [-0.25, -0.2) is 8.42 Å². The van der Waals surface area contributed by atoms with Crippen molar-refractivity contribution in [1.29, 1.82) is 0 Å². The number of halogens is 1. The Morgan fingerprint density at radius 2 is 1.86 bits per heavy atom. The van der Waals surface area contributed by atoms with Gasteiger partial charge in [-0.15, -0.1) is 11.6 Å². The lowest BCUT2D eigenvalue weighted by Gasteiger charge is -2.30. The van der Waals surface area contributed by atoms with Crippen LogP contribution in [-0.2, 0) is 21.2 Å². The van der Waals surface area contributed by atoms with Crippen molar-refractivity contribution in [3.05, 3.63) is 29.8 Å². The third-order valence-electron chi connectivity index (χ3n) is 3.90. The number of ether oxygens (including phenoxy) is 1. The molecule has 0 atom stereocenters. The lowest BCUT2D eigenvalue weighted by molar-refractivity contribution is 0.0632. The summed E-state index contributed by atoms with van der Waals surface area (Å²) in [4.78, 5) is 0.353. The zero-order valence-electron chi connectivity index (χ0n) is 12.3. The molecule has 2 rings (SSSR count). The fourth-order valence-electron chi connectivity index (χ4n) is 2.51. The van der Waals surface area contributed by atoms with Crippen molar-refractivity contribution in [2.75, 3.05) is 26.1 Å². The number of hydrogen-bond acceptors (Lipinski definition) is 3. The molecule has 6 heteroatoms. The van der Waals surface area contributed by atoms with E-state index in [4.69, 9.17) is 16.3 Å². The summed E-state index contributed by atoms with van der Waals surface area (Å²) in [7, 11) is -1.76. The topological polar surface area (TPSA) is 46.6 Å². The van der Waals surface area contributed by atoms with Gasteiger partial charge in [-0.1, -0.05) is 12.1 Å². The van der Waals surface area contributed by atoms with E-state index in [1.54, 1.807) is 19.2 Å². The summed E-state index contributed by atoms with van der Waals surface area (Å²) in [5, 5.41) is 0. The largest absolute Gasteiger partial charge is 0.381 e. The van der Waals surface area contributed by atoms with Crippen LogP contribution < -0.4 is 0 Å². The van der Waals surface area contributed by atoms with E-state index in [-0.39, 0.29) is 6.04 Å². The van der Waals surface area contributed by atoms with E-state index >= 15 is 0 Å². The van der Waals surface area contributed by atoms with Gasteiger partial charge in [0.05, 0.1) is 4.90 Å². The number of sulfonamides is 1. The van der Waals surface area contributed by atoms with Crippen LogP contribution in [0, 0.1) is 0 Å². The van der Waals surface area contributed by atoms with Gasteiger partial charge in [0.25, 0.3) is 0 Å². The third-order valence-corrected chi connectivity index (χ3v) is 6.10. The monoisotopic (exact) mass is 331 g/mol. The normalized spacial score (nSPS) is 17.3. The predicted molar refractivity (Wildman–Crippen MR) is 84.3 cm³/mol. The van der Waals surface area contributed by atoms with Gasteiger partial charge in [-0.05, 0) is 43.4 Å². The smallest absolute Gasteiger partial charge is 0.243 e. The lowest BCUT2D eigenvalue weighted by atomic mass is 10.1. The second-order valence-corrected chi connectivity index (χ2v) is 7.68. The molecule has 1 aliphatic rings. The molecule has 118 valence electrons.